The Bertz CT molecular complexity index is 379. The zero-order valence-electron chi connectivity index (χ0n) is 21.0. The van der Waals surface area contributed by atoms with Gasteiger partial charge in [-0.2, -0.15) is 0 Å². The molecule has 2 atom stereocenters. The van der Waals surface area contributed by atoms with Crippen LogP contribution >= 0.6 is 0 Å². The average Bonchev–Trinajstić information content (AvgIpc) is 2.65. The van der Waals surface area contributed by atoms with E-state index in [2.05, 4.69) is 94.8 Å². The number of hydrogen-bond acceptors (Lipinski definition) is 5. The predicted molar refractivity (Wildman–Crippen MR) is 125 cm³/mol. The van der Waals surface area contributed by atoms with E-state index in [9.17, 15) is 0 Å². The van der Waals surface area contributed by atoms with Crippen LogP contribution in [0.5, 0.6) is 0 Å². The molecule has 5 heteroatoms. The van der Waals surface area contributed by atoms with Crippen LogP contribution in [-0.4, -0.2) is 71.6 Å². The van der Waals surface area contributed by atoms with Crippen LogP contribution in [0.2, 0.25) is 0 Å². The maximum absolute atomic E-state index is 4.07. The third-order valence-corrected chi connectivity index (χ3v) is 6.05. The summed E-state index contributed by atoms with van der Waals surface area (Å²) in [4.78, 5) is 2.61. The van der Waals surface area contributed by atoms with Crippen molar-refractivity contribution in [2.24, 2.45) is 0 Å². The Labute approximate surface area is 177 Å². The van der Waals surface area contributed by atoms with E-state index in [1.807, 2.05) is 0 Å². The molecule has 0 aliphatic heterocycles. The molecule has 28 heavy (non-hydrogen) atoms. The summed E-state index contributed by atoms with van der Waals surface area (Å²) in [5, 5.41) is 13.3. The van der Waals surface area contributed by atoms with E-state index in [4.69, 9.17) is 0 Å². The Morgan fingerprint density at radius 2 is 1.32 bits per heavy atom. The fourth-order valence-corrected chi connectivity index (χ4v) is 5.01. The molecule has 0 aliphatic carbocycles. The van der Waals surface area contributed by atoms with Gasteiger partial charge in [-0.3, -0.25) is 15.5 Å². The molecule has 0 aromatic carbocycles. The van der Waals surface area contributed by atoms with Crippen molar-refractivity contribution >= 4 is 0 Å². The standard InChI is InChI=1S/C23H53N5/c1-11-18-25-23(14-4,22(10,24-15-5)26(16-6)17-7)28(21(8)9)27(19-12-2)20-13-3/h21,24-25H,11-20H2,1-10H3. The molecule has 0 heterocycles. The van der Waals surface area contributed by atoms with E-state index in [0.717, 1.165) is 52.1 Å². The summed E-state index contributed by atoms with van der Waals surface area (Å²) < 4.78 is 0. The number of rotatable bonds is 17. The molecule has 170 valence electrons. The van der Waals surface area contributed by atoms with Crippen LogP contribution in [0.15, 0.2) is 0 Å². The number of nitrogens with zero attached hydrogens (tertiary/aromatic N) is 3. The molecule has 0 spiro atoms. The van der Waals surface area contributed by atoms with Crippen molar-refractivity contribution in [3.8, 4) is 0 Å². The molecule has 0 bridgehead atoms. The van der Waals surface area contributed by atoms with Crippen molar-refractivity contribution < 1.29 is 0 Å². The van der Waals surface area contributed by atoms with Crippen molar-refractivity contribution in [2.45, 2.75) is 112 Å². The van der Waals surface area contributed by atoms with Crippen molar-refractivity contribution in [2.75, 3.05) is 39.3 Å². The molecule has 0 fully saturated rings. The predicted octanol–water partition coefficient (Wildman–Crippen LogP) is 4.51. The fraction of sp³-hybridized carbons (Fsp3) is 1.00. The minimum Gasteiger partial charge on any atom is -0.297 e. The molecular weight excluding hydrogens is 346 g/mol. The number of hydrazine groups is 1. The van der Waals surface area contributed by atoms with Gasteiger partial charge in [-0.15, -0.1) is 0 Å². The van der Waals surface area contributed by atoms with Crippen molar-refractivity contribution in [1.29, 1.82) is 0 Å². The first kappa shape index (κ1) is 27.8. The number of likely N-dealkylation sites (N-methyl/N-ethyl adjacent to an activating group) is 2. The van der Waals surface area contributed by atoms with Gasteiger partial charge in [-0.1, -0.05) is 48.5 Å². The van der Waals surface area contributed by atoms with Crippen LogP contribution in [-0.2, 0) is 0 Å². The highest BCUT2D eigenvalue weighted by Crippen LogP contribution is 2.36. The third kappa shape index (κ3) is 6.15. The van der Waals surface area contributed by atoms with E-state index in [0.29, 0.717) is 6.04 Å². The van der Waals surface area contributed by atoms with Crippen LogP contribution in [0.4, 0.5) is 0 Å². The van der Waals surface area contributed by atoms with E-state index < -0.39 is 0 Å². The summed E-state index contributed by atoms with van der Waals surface area (Å²) in [5.41, 5.74) is -0.372. The zero-order valence-corrected chi connectivity index (χ0v) is 21.0. The van der Waals surface area contributed by atoms with Gasteiger partial charge in [0.25, 0.3) is 0 Å². The van der Waals surface area contributed by atoms with Crippen molar-refractivity contribution in [1.82, 2.24) is 25.6 Å². The third-order valence-electron chi connectivity index (χ3n) is 6.05. The lowest BCUT2D eigenvalue weighted by Gasteiger charge is -2.62. The monoisotopic (exact) mass is 399 g/mol. The Hall–Kier alpha value is -0.200. The normalized spacial score (nSPS) is 16.9. The summed E-state index contributed by atoms with van der Waals surface area (Å²) in [7, 11) is 0. The molecule has 2 unspecified atom stereocenters. The van der Waals surface area contributed by atoms with E-state index in [1.54, 1.807) is 0 Å². The highest BCUT2D eigenvalue weighted by molar-refractivity contribution is 5.07. The van der Waals surface area contributed by atoms with Gasteiger partial charge < -0.3 is 0 Å². The summed E-state index contributed by atoms with van der Waals surface area (Å²) >= 11 is 0. The van der Waals surface area contributed by atoms with E-state index in [1.165, 1.54) is 12.8 Å². The van der Waals surface area contributed by atoms with Gasteiger partial charge in [-0.05, 0) is 72.6 Å². The van der Waals surface area contributed by atoms with Crippen LogP contribution in [0.3, 0.4) is 0 Å². The smallest absolute Gasteiger partial charge is 0.116 e. The largest absolute Gasteiger partial charge is 0.297 e. The molecule has 0 radical (unpaired) electrons. The van der Waals surface area contributed by atoms with Gasteiger partial charge in [-0.25, -0.2) is 10.0 Å². The van der Waals surface area contributed by atoms with Crippen LogP contribution < -0.4 is 10.6 Å². The van der Waals surface area contributed by atoms with E-state index >= 15 is 0 Å². The van der Waals surface area contributed by atoms with Gasteiger partial charge >= 0.3 is 0 Å². The highest BCUT2D eigenvalue weighted by atomic mass is 15.7. The lowest BCUT2D eigenvalue weighted by atomic mass is 9.86. The highest BCUT2D eigenvalue weighted by Gasteiger charge is 2.55. The summed E-state index contributed by atoms with van der Waals surface area (Å²) in [5.74, 6) is 0. The molecule has 0 aliphatic rings. The lowest BCUT2D eigenvalue weighted by Crippen LogP contribution is -2.83. The minimum atomic E-state index is -0.191. The molecule has 0 amide bonds. The second kappa shape index (κ2) is 13.9. The number of hydrogen-bond donors (Lipinski definition) is 2. The van der Waals surface area contributed by atoms with Crippen LogP contribution in [0, 0.1) is 0 Å². The van der Waals surface area contributed by atoms with Gasteiger partial charge in [0.1, 0.15) is 11.3 Å². The van der Waals surface area contributed by atoms with Gasteiger partial charge in [0.15, 0.2) is 0 Å². The molecule has 0 aromatic heterocycles. The molecular formula is C23H53N5. The Balaban J connectivity index is 6.66. The van der Waals surface area contributed by atoms with E-state index in [-0.39, 0.29) is 11.3 Å². The first-order valence-corrected chi connectivity index (χ1v) is 12.1. The van der Waals surface area contributed by atoms with Gasteiger partial charge in [0.05, 0.1) is 0 Å². The maximum Gasteiger partial charge on any atom is 0.116 e. The molecule has 0 saturated heterocycles. The second-order valence-corrected chi connectivity index (χ2v) is 8.31. The molecule has 0 rings (SSSR count). The second-order valence-electron chi connectivity index (χ2n) is 8.31. The molecule has 0 aromatic rings. The zero-order chi connectivity index (χ0) is 21.8. The van der Waals surface area contributed by atoms with Gasteiger partial charge in [0, 0.05) is 19.1 Å². The van der Waals surface area contributed by atoms with Crippen LogP contribution in [0.1, 0.15) is 94.9 Å². The Morgan fingerprint density at radius 1 is 0.786 bits per heavy atom. The quantitative estimate of drug-likeness (QED) is 0.278. The fourth-order valence-electron chi connectivity index (χ4n) is 5.01. The summed E-state index contributed by atoms with van der Waals surface area (Å²) in [6.45, 7) is 29.4. The maximum atomic E-state index is 4.07. The SMILES string of the molecule is CCCNC(CC)(N(C(C)C)N(CCC)CCC)C(C)(NCC)N(CC)CC. The Kier molecular flexibility index (Phi) is 13.8. The minimum absolute atomic E-state index is 0.181. The number of nitrogens with one attached hydrogen (secondary N) is 2. The van der Waals surface area contributed by atoms with Crippen molar-refractivity contribution in [3.63, 3.8) is 0 Å². The topological polar surface area (TPSA) is 33.8 Å². The first-order valence-electron chi connectivity index (χ1n) is 12.1. The van der Waals surface area contributed by atoms with Crippen LogP contribution in [0.25, 0.3) is 0 Å². The van der Waals surface area contributed by atoms with Gasteiger partial charge in [0.2, 0.25) is 0 Å². The average molecular weight is 400 g/mol. The molecule has 2 N–H and O–H groups in total. The summed E-state index contributed by atoms with van der Waals surface area (Å²) in [6, 6.07) is 0.413. The molecule has 5 nitrogen and oxygen atoms in total. The Morgan fingerprint density at radius 3 is 1.64 bits per heavy atom. The lowest BCUT2D eigenvalue weighted by molar-refractivity contribution is -0.210. The van der Waals surface area contributed by atoms with Crippen molar-refractivity contribution in [3.05, 3.63) is 0 Å². The first-order chi connectivity index (χ1) is 13.3. The summed E-state index contributed by atoms with van der Waals surface area (Å²) in [6.07, 6.45) is 4.50. The molecule has 0 saturated carbocycles.